The number of furan rings is 1. The molecule has 0 aliphatic carbocycles. The van der Waals surface area contributed by atoms with Crippen LogP contribution in [0.25, 0.3) is 0 Å². The van der Waals surface area contributed by atoms with Gasteiger partial charge in [0, 0.05) is 42.2 Å². The van der Waals surface area contributed by atoms with E-state index in [4.69, 9.17) is 4.42 Å². The van der Waals surface area contributed by atoms with Crippen molar-refractivity contribution in [1.82, 2.24) is 15.1 Å². The molecular weight excluding hydrogens is 334 g/mol. The molecule has 3 heterocycles. The third-order valence-corrected chi connectivity index (χ3v) is 5.89. The fraction of sp³-hybridized carbons (Fsp3) is 0.579. The number of hydrogen-bond acceptors (Lipinski definition) is 4. The molecule has 1 fully saturated rings. The van der Waals surface area contributed by atoms with Crippen molar-refractivity contribution in [1.29, 1.82) is 0 Å². The molecule has 0 aromatic carbocycles. The van der Waals surface area contributed by atoms with E-state index in [1.165, 1.54) is 12.8 Å². The average Bonchev–Trinajstić information content (AvgIpc) is 3.28. The summed E-state index contributed by atoms with van der Waals surface area (Å²) >= 11 is 1.91. The Morgan fingerprint density at radius 3 is 3.16 bits per heavy atom. The molecule has 0 saturated carbocycles. The molecule has 1 atom stereocenters. The minimum Gasteiger partial charge on any atom is -0.456 e. The normalized spacial score (nSPS) is 17.8. The van der Waals surface area contributed by atoms with Crippen LogP contribution in [0.2, 0.25) is 0 Å². The molecule has 5 nitrogen and oxygen atoms in total. The van der Waals surface area contributed by atoms with Crippen molar-refractivity contribution < 1.29 is 9.21 Å². The van der Waals surface area contributed by atoms with E-state index in [1.807, 2.05) is 35.7 Å². The van der Waals surface area contributed by atoms with Crippen LogP contribution >= 0.6 is 11.8 Å². The summed E-state index contributed by atoms with van der Waals surface area (Å²) in [6.45, 7) is 5.68. The van der Waals surface area contributed by atoms with Crippen LogP contribution in [0.15, 0.2) is 22.7 Å². The van der Waals surface area contributed by atoms with Gasteiger partial charge in [-0.25, -0.2) is 0 Å². The van der Waals surface area contributed by atoms with Crippen LogP contribution in [0.1, 0.15) is 66.1 Å². The molecule has 25 heavy (non-hydrogen) atoms. The van der Waals surface area contributed by atoms with E-state index in [2.05, 4.69) is 17.1 Å². The largest absolute Gasteiger partial charge is 0.456 e. The lowest BCUT2D eigenvalue weighted by Gasteiger charge is -2.31. The van der Waals surface area contributed by atoms with Gasteiger partial charge in [0.05, 0.1) is 0 Å². The number of thioether (sulfide) groups is 1. The standard InChI is InChI=1S/C19H27N3O2S/c1-3-4-10-25-13-16-11-18(24-14(16)2)19(23)22-9-5-6-15(12-22)17-7-8-20-21-17/h7-8,11,15H,3-6,9-10,12-13H2,1-2H3,(H,20,21). The highest BCUT2D eigenvalue weighted by Gasteiger charge is 2.28. The van der Waals surface area contributed by atoms with Gasteiger partial charge in [-0.15, -0.1) is 0 Å². The lowest BCUT2D eigenvalue weighted by atomic mass is 9.95. The predicted molar refractivity (Wildman–Crippen MR) is 101 cm³/mol. The summed E-state index contributed by atoms with van der Waals surface area (Å²) in [5, 5.41) is 7.07. The maximum atomic E-state index is 12.9. The number of unbranched alkanes of at least 4 members (excludes halogenated alkanes) is 1. The highest BCUT2D eigenvalue weighted by Crippen LogP contribution is 2.28. The van der Waals surface area contributed by atoms with Crippen molar-refractivity contribution in [2.75, 3.05) is 18.8 Å². The molecular formula is C19H27N3O2S. The van der Waals surface area contributed by atoms with Gasteiger partial charge in [-0.2, -0.15) is 16.9 Å². The molecule has 136 valence electrons. The molecule has 1 aliphatic heterocycles. The Balaban J connectivity index is 1.62. The quantitative estimate of drug-likeness (QED) is 0.744. The Morgan fingerprint density at radius 2 is 2.40 bits per heavy atom. The topological polar surface area (TPSA) is 62.1 Å². The minimum absolute atomic E-state index is 0.0112. The molecule has 1 unspecified atom stereocenters. The Morgan fingerprint density at radius 1 is 1.52 bits per heavy atom. The van der Waals surface area contributed by atoms with Crippen molar-refractivity contribution in [2.24, 2.45) is 0 Å². The lowest BCUT2D eigenvalue weighted by Crippen LogP contribution is -2.39. The summed E-state index contributed by atoms with van der Waals surface area (Å²) in [7, 11) is 0. The van der Waals surface area contributed by atoms with E-state index in [0.717, 1.165) is 54.5 Å². The summed E-state index contributed by atoms with van der Waals surface area (Å²) in [6.07, 6.45) is 6.31. The zero-order valence-corrected chi connectivity index (χ0v) is 15.9. The number of carbonyl (C=O) groups excluding carboxylic acids is 1. The first-order chi connectivity index (χ1) is 12.2. The summed E-state index contributed by atoms with van der Waals surface area (Å²) in [5.41, 5.74) is 2.26. The van der Waals surface area contributed by atoms with Gasteiger partial charge in [0.2, 0.25) is 0 Å². The molecule has 0 radical (unpaired) electrons. The number of carbonyl (C=O) groups is 1. The maximum absolute atomic E-state index is 12.9. The Hall–Kier alpha value is -1.69. The van der Waals surface area contributed by atoms with Gasteiger partial charge in [-0.05, 0) is 44.1 Å². The number of amides is 1. The Kier molecular flexibility index (Phi) is 6.24. The third kappa shape index (κ3) is 4.48. The summed E-state index contributed by atoms with van der Waals surface area (Å²) in [4.78, 5) is 14.8. The summed E-state index contributed by atoms with van der Waals surface area (Å²) in [5.74, 6) is 3.77. The van der Waals surface area contributed by atoms with Crippen LogP contribution in [-0.2, 0) is 5.75 Å². The van der Waals surface area contributed by atoms with Gasteiger partial charge >= 0.3 is 0 Å². The number of rotatable bonds is 7. The molecule has 1 N–H and O–H groups in total. The second-order valence-electron chi connectivity index (χ2n) is 6.70. The van der Waals surface area contributed by atoms with E-state index < -0.39 is 0 Å². The van der Waals surface area contributed by atoms with Gasteiger partial charge in [-0.1, -0.05) is 13.3 Å². The number of nitrogens with zero attached hydrogens (tertiary/aromatic N) is 2. The number of hydrogen-bond donors (Lipinski definition) is 1. The van der Waals surface area contributed by atoms with Crippen LogP contribution < -0.4 is 0 Å². The van der Waals surface area contributed by atoms with E-state index in [-0.39, 0.29) is 5.91 Å². The third-order valence-electron chi connectivity index (χ3n) is 4.80. The van der Waals surface area contributed by atoms with Crippen LogP contribution in [0, 0.1) is 6.92 Å². The number of aromatic nitrogens is 2. The van der Waals surface area contributed by atoms with Crippen molar-refractivity contribution in [3.05, 3.63) is 41.1 Å². The predicted octanol–water partition coefficient (Wildman–Crippen LogP) is 4.36. The number of aromatic amines is 1. The zero-order chi connectivity index (χ0) is 17.6. The van der Waals surface area contributed by atoms with Gasteiger partial charge < -0.3 is 9.32 Å². The summed E-state index contributed by atoms with van der Waals surface area (Å²) < 4.78 is 5.79. The molecule has 1 saturated heterocycles. The molecule has 0 spiro atoms. The molecule has 1 aliphatic rings. The SMILES string of the molecule is CCCCSCc1cc(C(=O)N2CCCC(c3ccn[nH]3)C2)oc1C. The van der Waals surface area contributed by atoms with Gasteiger partial charge in [0.15, 0.2) is 5.76 Å². The fourth-order valence-corrected chi connectivity index (χ4v) is 4.41. The monoisotopic (exact) mass is 361 g/mol. The number of piperidine rings is 1. The Labute approximate surface area is 153 Å². The van der Waals surface area contributed by atoms with E-state index in [1.54, 1.807) is 6.20 Å². The average molecular weight is 362 g/mol. The van der Waals surface area contributed by atoms with E-state index in [0.29, 0.717) is 11.7 Å². The molecule has 2 aromatic rings. The van der Waals surface area contributed by atoms with Crippen LogP contribution in [0.4, 0.5) is 0 Å². The second kappa shape index (κ2) is 8.61. The molecule has 6 heteroatoms. The lowest BCUT2D eigenvalue weighted by molar-refractivity contribution is 0.0672. The molecule has 3 rings (SSSR count). The first-order valence-electron chi connectivity index (χ1n) is 9.14. The van der Waals surface area contributed by atoms with Gasteiger partial charge in [0.1, 0.15) is 5.76 Å². The smallest absolute Gasteiger partial charge is 0.289 e. The highest BCUT2D eigenvalue weighted by molar-refractivity contribution is 7.98. The van der Waals surface area contributed by atoms with E-state index >= 15 is 0 Å². The zero-order valence-electron chi connectivity index (χ0n) is 15.1. The van der Waals surface area contributed by atoms with Crippen molar-refractivity contribution in [2.45, 2.75) is 51.2 Å². The van der Waals surface area contributed by atoms with Gasteiger partial charge in [0.25, 0.3) is 5.91 Å². The van der Waals surface area contributed by atoms with Crippen molar-refractivity contribution >= 4 is 17.7 Å². The van der Waals surface area contributed by atoms with E-state index in [9.17, 15) is 4.79 Å². The minimum atomic E-state index is 0.0112. The number of nitrogens with one attached hydrogen (secondary N) is 1. The first-order valence-corrected chi connectivity index (χ1v) is 10.3. The van der Waals surface area contributed by atoms with Crippen LogP contribution in [0.3, 0.4) is 0 Å². The Bertz CT molecular complexity index is 681. The number of aryl methyl sites for hydroxylation is 1. The number of H-pyrrole nitrogens is 1. The fourth-order valence-electron chi connectivity index (χ4n) is 3.26. The highest BCUT2D eigenvalue weighted by atomic mass is 32.2. The molecule has 1 amide bonds. The second-order valence-corrected chi connectivity index (χ2v) is 7.81. The maximum Gasteiger partial charge on any atom is 0.289 e. The van der Waals surface area contributed by atoms with Crippen LogP contribution in [-0.4, -0.2) is 39.8 Å². The van der Waals surface area contributed by atoms with Crippen molar-refractivity contribution in [3.63, 3.8) is 0 Å². The van der Waals surface area contributed by atoms with Crippen LogP contribution in [0.5, 0.6) is 0 Å². The summed E-state index contributed by atoms with van der Waals surface area (Å²) in [6, 6.07) is 3.94. The van der Waals surface area contributed by atoms with Gasteiger partial charge in [-0.3, -0.25) is 9.89 Å². The molecule has 2 aromatic heterocycles. The number of likely N-dealkylation sites (tertiary alicyclic amines) is 1. The first kappa shape index (κ1) is 18.1. The van der Waals surface area contributed by atoms with Crippen molar-refractivity contribution in [3.8, 4) is 0 Å². The molecule has 0 bridgehead atoms.